The van der Waals surface area contributed by atoms with Crippen LogP contribution < -0.4 is 0 Å². The highest BCUT2D eigenvalue weighted by Crippen LogP contribution is 2.35. The van der Waals surface area contributed by atoms with Crippen LogP contribution in [0, 0.1) is 5.82 Å². The molecule has 0 N–H and O–H groups in total. The summed E-state index contributed by atoms with van der Waals surface area (Å²) < 4.78 is 16.7. The number of aromatic nitrogens is 4. The van der Waals surface area contributed by atoms with Gasteiger partial charge in [-0.3, -0.25) is 9.80 Å². The second-order valence-electron chi connectivity index (χ2n) is 7.47. The van der Waals surface area contributed by atoms with Crippen LogP contribution in [-0.4, -0.2) is 62.7 Å². The van der Waals surface area contributed by atoms with Crippen LogP contribution in [0.25, 0.3) is 0 Å². The lowest BCUT2D eigenvalue weighted by Crippen LogP contribution is -2.48. The van der Waals surface area contributed by atoms with Gasteiger partial charge in [0.1, 0.15) is 11.9 Å². The lowest BCUT2D eigenvalue weighted by molar-refractivity contribution is 0.110. The van der Waals surface area contributed by atoms with Crippen LogP contribution >= 0.6 is 0 Å². The first-order chi connectivity index (χ1) is 13.3. The monoisotopic (exact) mass is 370 g/mol. The summed E-state index contributed by atoms with van der Waals surface area (Å²) in [5.74, 6) is 0.571. The van der Waals surface area contributed by atoms with Crippen LogP contribution in [0.3, 0.4) is 0 Å². The van der Waals surface area contributed by atoms with E-state index < -0.39 is 0 Å². The number of rotatable bonds is 6. The van der Waals surface area contributed by atoms with Crippen LogP contribution in [0.5, 0.6) is 0 Å². The fraction of sp³-hybridized carbons (Fsp3) is 0.550. The summed E-state index contributed by atoms with van der Waals surface area (Å²) in [6, 6.07) is 7.09. The predicted octanol–water partition coefficient (Wildman–Crippen LogP) is 2.82. The molecular weight excluding hydrogens is 343 g/mol. The molecular formula is C20H27FN6. The molecule has 4 rings (SSSR count). The van der Waals surface area contributed by atoms with Gasteiger partial charge in [0, 0.05) is 38.3 Å². The SMILES string of the molecule is C=CCN1CCN(C(c2ccccc2F)c2nnnn2C2CCCC2)CC1. The molecule has 0 bridgehead atoms. The Bertz CT molecular complexity index is 761. The molecule has 1 aliphatic heterocycles. The smallest absolute Gasteiger partial charge is 0.173 e. The van der Waals surface area contributed by atoms with Crippen molar-refractivity contribution in [1.82, 2.24) is 30.0 Å². The van der Waals surface area contributed by atoms with Gasteiger partial charge in [-0.05, 0) is 29.3 Å². The van der Waals surface area contributed by atoms with Gasteiger partial charge in [0.15, 0.2) is 5.82 Å². The minimum absolute atomic E-state index is 0.197. The number of hydrogen-bond acceptors (Lipinski definition) is 5. The van der Waals surface area contributed by atoms with Crippen molar-refractivity contribution in [1.29, 1.82) is 0 Å². The molecule has 2 heterocycles. The van der Waals surface area contributed by atoms with Crippen molar-refractivity contribution < 1.29 is 4.39 Å². The van der Waals surface area contributed by atoms with E-state index >= 15 is 0 Å². The van der Waals surface area contributed by atoms with E-state index in [1.807, 2.05) is 22.9 Å². The minimum Gasteiger partial charge on any atom is -0.297 e. The number of halogens is 1. The molecule has 2 aliphatic rings. The highest BCUT2D eigenvalue weighted by atomic mass is 19.1. The van der Waals surface area contributed by atoms with Crippen LogP contribution in [0.1, 0.15) is 49.2 Å². The van der Waals surface area contributed by atoms with E-state index in [0.717, 1.165) is 51.4 Å². The summed E-state index contributed by atoms with van der Waals surface area (Å²) in [5.41, 5.74) is 0.656. The second-order valence-corrected chi connectivity index (χ2v) is 7.47. The number of hydrogen-bond donors (Lipinski definition) is 0. The Labute approximate surface area is 159 Å². The fourth-order valence-electron chi connectivity index (χ4n) is 4.37. The summed E-state index contributed by atoms with van der Waals surface area (Å²) in [4.78, 5) is 4.68. The van der Waals surface area contributed by atoms with E-state index in [4.69, 9.17) is 0 Å². The molecule has 0 radical (unpaired) electrons. The van der Waals surface area contributed by atoms with E-state index in [1.54, 1.807) is 6.07 Å². The Morgan fingerprint density at radius 2 is 1.89 bits per heavy atom. The van der Waals surface area contributed by atoms with Crippen molar-refractivity contribution in [3.8, 4) is 0 Å². The molecule has 2 fully saturated rings. The van der Waals surface area contributed by atoms with Gasteiger partial charge < -0.3 is 0 Å². The van der Waals surface area contributed by atoms with Crippen molar-refractivity contribution in [2.75, 3.05) is 32.7 Å². The van der Waals surface area contributed by atoms with Crippen molar-refractivity contribution in [2.24, 2.45) is 0 Å². The topological polar surface area (TPSA) is 50.1 Å². The molecule has 6 nitrogen and oxygen atoms in total. The first-order valence-corrected chi connectivity index (χ1v) is 9.87. The van der Waals surface area contributed by atoms with Crippen LogP contribution in [0.15, 0.2) is 36.9 Å². The maximum absolute atomic E-state index is 14.8. The Kier molecular flexibility index (Phi) is 5.59. The van der Waals surface area contributed by atoms with Crippen molar-refractivity contribution in [3.63, 3.8) is 0 Å². The maximum atomic E-state index is 14.8. The molecule has 144 valence electrons. The summed E-state index contributed by atoms with van der Waals surface area (Å²) >= 11 is 0. The van der Waals surface area contributed by atoms with Gasteiger partial charge >= 0.3 is 0 Å². The van der Waals surface area contributed by atoms with Crippen LogP contribution in [0.4, 0.5) is 4.39 Å². The van der Waals surface area contributed by atoms with E-state index in [1.165, 1.54) is 18.9 Å². The maximum Gasteiger partial charge on any atom is 0.173 e. The van der Waals surface area contributed by atoms with Gasteiger partial charge in [0.25, 0.3) is 0 Å². The zero-order valence-electron chi connectivity index (χ0n) is 15.7. The zero-order valence-corrected chi connectivity index (χ0v) is 15.7. The molecule has 1 aliphatic carbocycles. The lowest BCUT2D eigenvalue weighted by Gasteiger charge is -2.38. The average Bonchev–Trinajstić information content (AvgIpc) is 3.37. The first kappa shape index (κ1) is 18.3. The van der Waals surface area contributed by atoms with Gasteiger partial charge in [-0.2, -0.15) is 0 Å². The standard InChI is InChI=1S/C20H27FN6/c1-2-11-25-12-14-26(15-13-25)19(17-9-5-6-10-18(17)21)20-22-23-24-27(20)16-7-3-4-8-16/h2,5-6,9-10,16,19H,1,3-4,7-8,11-15H2. The normalized spacial score (nSPS) is 20.8. The molecule has 1 saturated carbocycles. The molecule has 27 heavy (non-hydrogen) atoms. The predicted molar refractivity (Wildman–Crippen MR) is 102 cm³/mol. The minimum atomic E-state index is -0.257. The van der Waals surface area contributed by atoms with Crippen LogP contribution in [0.2, 0.25) is 0 Å². The number of benzene rings is 1. The van der Waals surface area contributed by atoms with Gasteiger partial charge in [0.05, 0.1) is 6.04 Å². The third-order valence-electron chi connectivity index (χ3n) is 5.79. The number of tetrazole rings is 1. The number of piperazine rings is 1. The quantitative estimate of drug-likeness (QED) is 0.732. The summed E-state index contributed by atoms with van der Waals surface area (Å²) in [5, 5.41) is 12.6. The van der Waals surface area contributed by atoms with Crippen LogP contribution in [-0.2, 0) is 0 Å². The average molecular weight is 370 g/mol. The molecule has 1 aromatic carbocycles. The molecule has 0 spiro atoms. The molecule has 1 atom stereocenters. The largest absolute Gasteiger partial charge is 0.297 e. The zero-order chi connectivity index (χ0) is 18.6. The van der Waals surface area contributed by atoms with Crippen molar-refractivity contribution in [3.05, 3.63) is 54.1 Å². The Morgan fingerprint density at radius 1 is 1.15 bits per heavy atom. The summed E-state index contributed by atoms with van der Waals surface area (Å²) in [6.45, 7) is 8.28. The Balaban J connectivity index is 1.67. The molecule has 1 unspecified atom stereocenters. The summed E-state index contributed by atoms with van der Waals surface area (Å²) in [7, 11) is 0. The van der Waals surface area contributed by atoms with E-state index in [9.17, 15) is 4.39 Å². The highest BCUT2D eigenvalue weighted by Gasteiger charge is 2.34. The molecule has 0 amide bonds. The van der Waals surface area contributed by atoms with Gasteiger partial charge in [0.2, 0.25) is 0 Å². The van der Waals surface area contributed by atoms with Gasteiger partial charge in [-0.15, -0.1) is 11.7 Å². The van der Waals surface area contributed by atoms with Gasteiger partial charge in [-0.25, -0.2) is 9.07 Å². The fourth-order valence-corrected chi connectivity index (χ4v) is 4.37. The first-order valence-electron chi connectivity index (χ1n) is 9.87. The third-order valence-corrected chi connectivity index (χ3v) is 5.79. The Morgan fingerprint density at radius 3 is 2.59 bits per heavy atom. The number of nitrogens with zero attached hydrogens (tertiary/aromatic N) is 6. The molecule has 7 heteroatoms. The van der Waals surface area contributed by atoms with Crippen molar-refractivity contribution >= 4 is 0 Å². The van der Waals surface area contributed by atoms with Crippen molar-refractivity contribution in [2.45, 2.75) is 37.8 Å². The Hall–Kier alpha value is -2.12. The third kappa shape index (κ3) is 3.80. The molecule has 1 aromatic heterocycles. The summed E-state index contributed by atoms with van der Waals surface area (Å²) in [6.07, 6.45) is 6.53. The van der Waals surface area contributed by atoms with E-state index in [-0.39, 0.29) is 11.9 Å². The molecule has 2 aromatic rings. The van der Waals surface area contributed by atoms with E-state index in [0.29, 0.717) is 11.6 Å². The van der Waals surface area contributed by atoms with Gasteiger partial charge in [-0.1, -0.05) is 37.1 Å². The lowest BCUT2D eigenvalue weighted by atomic mass is 10.0. The van der Waals surface area contributed by atoms with E-state index in [2.05, 4.69) is 31.9 Å². The molecule has 1 saturated heterocycles. The second kappa shape index (κ2) is 8.27. The highest BCUT2D eigenvalue weighted by molar-refractivity contribution is 5.27.